The number of nitro benzene ring substituents is 2. The van der Waals surface area contributed by atoms with Crippen LogP contribution in [0.1, 0.15) is 15.9 Å². The molecule has 314 valence electrons. The second-order valence-electron chi connectivity index (χ2n) is 10.7. The van der Waals surface area contributed by atoms with Crippen molar-refractivity contribution in [2.45, 2.75) is 57.7 Å². The van der Waals surface area contributed by atoms with Gasteiger partial charge in [0.2, 0.25) is 0 Å². The topological polar surface area (TPSA) is 190 Å². The van der Waals surface area contributed by atoms with Crippen molar-refractivity contribution in [3.63, 3.8) is 0 Å². The number of halogens is 18. The van der Waals surface area contributed by atoms with Crippen LogP contribution in [0.4, 0.5) is 90.4 Å². The summed E-state index contributed by atoms with van der Waals surface area (Å²) >= 11 is 0. The molecule has 0 N–H and O–H groups in total. The van der Waals surface area contributed by atoms with Gasteiger partial charge in [-0.2, -0.15) is 95.9 Å². The van der Waals surface area contributed by atoms with Gasteiger partial charge in [0.25, 0.3) is 31.6 Å². The van der Waals surface area contributed by atoms with Crippen LogP contribution < -0.4 is 0 Å². The minimum absolute atomic E-state index is 0.224. The molecule has 0 amide bonds. The highest BCUT2D eigenvalue weighted by Crippen LogP contribution is 2.55. The van der Waals surface area contributed by atoms with Crippen LogP contribution >= 0.6 is 0 Å². The summed E-state index contributed by atoms with van der Waals surface area (Å²) in [5, 5.41) is 23.6. The SMILES string of the molecule is O=C1c2cc(S(=O)(=O)OCC(F)(F)C(F)(F)C(F)(F)C(F)(F)F)cc([N+](=O)[O-])c2-c2c1cc(S(=O)(=O)OCC(F)(F)C(F)(F)C(F)(F)C(F)(F)F)cc2[N+](=O)[O-]. The number of fused-ring (bicyclic) bond motifs is 3. The van der Waals surface area contributed by atoms with Gasteiger partial charge >= 0.3 is 47.9 Å². The zero-order valence-electron chi connectivity index (χ0n) is 25.2. The van der Waals surface area contributed by atoms with Crippen molar-refractivity contribution in [1.29, 1.82) is 0 Å². The molecule has 0 atom stereocenters. The monoisotopic (exact) mass is 894 g/mol. The number of hydrogen-bond donors (Lipinski definition) is 0. The Labute approximate surface area is 294 Å². The van der Waals surface area contributed by atoms with Crippen LogP contribution in [0.3, 0.4) is 0 Å². The number of benzene rings is 2. The molecule has 3 rings (SSSR count). The number of nitrogens with zero attached hydrogens (tertiary/aromatic N) is 2. The number of carbonyl (C=O) groups is 1. The lowest BCUT2D eigenvalue weighted by atomic mass is 10.0. The average Bonchev–Trinajstić information content (AvgIpc) is 3.32. The normalized spacial score (nSPS) is 15.1. The highest BCUT2D eigenvalue weighted by molar-refractivity contribution is 7.87. The summed E-state index contributed by atoms with van der Waals surface area (Å²) in [5.41, 5.74) is -9.55. The second kappa shape index (κ2) is 13.3. The lowest BCUT2D eigenvalue weighted by molar-refractivity contribution is -0.398. The van der Waals surface area contributed by atoms with E-state index in [9.17, 15) is 121 Å². The van der Waals surface area contributed by atoms with Crippen LogP contribution in [0.5, 0.6) is 0 Å². The second-order valence-corrected chi connectivity index (χ2v) is 13.9. The summed E-state index contributed by atoms with van der Waals surface area (Å²) in [4.78, 5) is 29.4. The van der Waals surface area contributed by atoms with Gasteiger partial charge < -0.3 is 0 Å². The molecule has 0 aromatic heterocycles. The van der Waals surface area contributed by atoms with Gasteiger partial charge in [0.05, 0.1) is 21.0 Å². The van der Waals surface area contributed by atoms with Crippen LogP contribution in [-0.4, -0.2) is 93.6 Å². The van der Waals surface area contributed by atoms with E-state index in [1.807, 2.05) is 0 Å². The molecule has 0 aliphatic heterocycles. The number of hydrogen-bond acceptors (Lipinski definition) is 11. The van der Waals surface area contributed by atoms with Crippen molar-refractivity contribution in [3.05, 3.63) is 55.6 Å². The Morgan fingerprint density at radius 2 is 0.768 bits per heavy atom. The summed E-state index contributed by atoms with van der Waals surface area (Å²) in [5.74, 6) is -45.5. The Morgan fingerprint density at radius 3 is 1.00 bits per heavy atom. The van der Waals surface area contributed by atoms with Crippen molar-refractivity contribution in [1.82, 2.24) is 0 Å². The third-order valence-electron chi connectivity index (χ3n) is 7.10. The average molecular weight is 894 g/mol. The van der Waals surface area contributed by atoms with Crippen molar-refractivity contribution in [2.24, 2.45) is 0 Å². The van der Waals surface area contributed by atoms with Crippen molar-refractivity contribution in [2.75, 3.05) is 13.2 Å². The van der Waals surface area contributed by atoms with Crippen LogP contribution in [0.15, 0.2) is 34.1 Å². The van der Waals surface area contributed by atoms with E-state index < -0.39 is 140 Å². The Balaban J connectivity index is 2.13. The van der Waals surface area contributed by atoms with Gasteiger partial charge in [-0.15, -0.1) is 0 Å². The first-order valence-corrected chi connectivity index (χ1v) is 15.9. The number of rotatable bonds is 14. The third-order valence-corrected chi connectivity index (χ3v) is 9.58. The predicted octanol–water partition coefficient (Wildman–Crippen LogP) is 7.06. The zero-order chi connectivity index (χ0) is 44.0. The van der Waals surface area contributed by atoms with Crippen molar-refractivity contribution < 1.29 is 119 Å². The number of alkyl halides is 18. The third kappa shape index (κ3) is 7.15. The number of ketones is 1. The Hall–Kier alpha value is -4.53. The lowest BCUT2D eigenvalue weighted by Gasteiger charge is -2.33. The Kier molecular flexibility index (Phi) is 10.9. The maximum atomic E-state index is 13.9. The smallest absolute Gasteiger partial charge is 0.289 e. The molecule has 1 aliphatic carbocycles. The van der Waals surface area contributed by atoms with E-state index in [1.165, 1.54) is 0 Å². The highest BCUT2D eigenvalue weighted by Gasteiger charge is 2.83. The largest absolute Gasteiger partial charge is 0.460 e. The Morgan fingerprint density at radius 1 is 0.500 bits per heavy atom. The van der Waals surface area contributed by atoms with Gasteiger partial charge in [-0.25, -0.2) is 0 Å². The molecular weight excluding hydrogens is 886 g/mol. The molecule has 0 spiro atoms. The molecule has 0 bridgehead atoms. The van der Waals surface area contributed by atoms with E-state index in [4.69, 9.17) is 0 Å². The molecule has 13 nitrogen and oxygen atoms in total. The minimum atomic E-state index is -7.55. The Bertz CT molecular complexity index is 2070. The van der Waals surface area contributed by atoms with Crippen LogP contribution in [0.25, 0.3) is 11.1 Å². The van der Waals surface area contributed by atoms with Gasteiger partial charge in [0.1, 0.15) is 23.0 Å². The van der Waals surface area contributed by atoms with Crippen LogP contribution in [0, 0.1) is 20.2 Å². The lowest BCUT2D eigenvalue weighted by Crippen LogP contribution is -2.62. The molecule has 0 radical (unpaired) electrons. The maximum absolute atomic E-state index is 13.9. The summed E-state index contributed by atoms with van der Waals surface area (Å²) in [6.07, 6.45) is -14.8. The van der Waals surface area contributed by atoms with E-state index >= 15 is 0 Å². The molecule has 1 aliphatic rings. The first-order chi connectivity index (χ1) is 24.6. The van der Waals surface area contributed by atoms with Gasteiger partial charge in [0, 0.05) is 23.3 Å². The van der Waals surface area contributed by atoms with E-state index in [2.05, 4.69) is 8.37 Å². The standard InChI is InChI=1S/C23H8F18N2O11S2/c24-16(25,18(28,29)20(32,33)22(36,37)38)5-53-55(49,50)7-1-9-13(11(3-7)42(45)46)14-10(15(9)44)2-8(4-12(14)43(47)48)56(51,52)54-6-17(26,27)19(30,31)21(34,35)23(39,40)41/h1-4H,5-6H2. The van der Waals surface area contributed by atoms with Gasteiger partial charge in [-0.3, -0.25) is 33.4 Å². The van der Waals surface area contributed by atoms with Gasteiger partial charge in [-0.05, 0) is 12.1 Å². The fourth-order valence-electron chi connectivity index (χ4n) is 4.24. The quantitative estimate of drug-likeness (QED) is 0.0697. The maximum Gasteiger partial charge on any atom is 0.460 e. The summed E-state index contributed by atoms with van der Waals surface area (Å²) in [6.45, 7) is -7.14. The fourth-order valence-corrected chi connectivity index (χ4v) is 6.16. The molecule has 2 aromatic carbocycles. The molecule has 0 heterocycles. The van der Waals surface area contributed by atoms with E-state index in [-0.39, 0.29) is 24.3 Å². The minimum Gasteiger partial charge on any atom is -0.289 e. The molecule has 2 aromatic rings. The fraction of sp³-hybridized carbons (Fsp3) is 0.435. The first-order valence-electron chi connectivity index (χ1n) is 13.0. The summed E-state index contributed by atoms with van der Waals surface area (Å²) < 4.78 is 294. The van der Waals surface area contributed by atoms with Gasteiger partial charge in [-0.1, -0.05) is 0 Å². The number of carbonyl (C=O) groups excluding carboxylic acids is 1. The molecule has 56 heavy (non-hydrogen) atoms. The van der Waals surface area contributed by atoms with Gasteiger partial charge in [0.15, 0.2) is 5.78 Å². The molecular formula is C23H8F18N2O11S2. The zero-order valence-corrected chi connectivity index (χ0v) is 26.9. The van der Waals surface area contributed by atoms with Crippen molar-refractivity contribution >= 4 is 37.4 Å². The molecule has 0 saturated carbocycles. The summed E-state index contributed by atoms with van der Waals surface area (Å²) in [6, 6.07) is -1.15. The summed E-state index contributed by atoms with van der Waals surface area (Å²) in [7, 11) is -12.7. The molecule has 0 saturated heterocycles. The first kappa shape index (κ1) is 45.9. The highest BCUT2D eigenvalue weighted by atomic mass is 32.2. The number of nitro groups is 2. The van der Waals surface area contributed by atoms with E-state index in [1.54, 1.807) is 0 Å². The van der Waals surface area contributed by atoms with E-state index in [0.717, 1.165) is 0 Å². The van der Waals surface area contributed by atoms with Crippen molar-refractivity contribution in [3.8, 4) is 11.1 Å². The predicted molar refractivity (Wildman–Crippen MR) is 137 cm³/mol. The molecule has 0 fully saturated rings. The van der Waals surface area contributed by atoms with E-state index in [0.29, 0.717) is 0 Å². The van der Waals surface area contributed by atoms with Crippen LogP contribution in [0.2, 0.25) is 0 Å². The molecule has 33 heteroatoms. The molecule has 0 unspecified atom stereocenters. The van der Waals surface area contributed by atoms with Crippen LogP contribution in [-0.2, 0) is 28.6 Å².